The van der Waals surface area contributed by atoms with Crippen molar-refractivity contribution in [3.05, 3.63) is 23.8 Å². The maximum atomic E-state index is 9.46. The predicted molar refractivity (Wildman–Crippen MR) is 76.5 cm³/mol. The van der Waals surface area contributed by atoms with Crippen molar-refractivity contribution in [2.24, 2.45) is 0 Å². The summed E-state index contributed by atoms with van der Waals surface area (Å²) in [6, 6.07) is 5.94. The van der Waals surface area contributed by atoms with Gasteiger partial charge in [-0.15, -0.1) is 0 Å². The van der Waals surface area contributed by atoms with E-state index in [0.717, 1.165) is 42.7 Å². The molecule has 0 fully saturated rings. The van der Waals surface area contributed by atoms with Crippen LogP contribution in [-0.2, 0) is 6.54 Å². The van der Waals surface area contributed by atoms with Crippen molar-refractivity contribution in [3.63, 3.8) is 0 Å². The number of ether oxygens (including phenoxy) is 1. The molecule has 1 N–H and O–H groups in total. The number of hydrogen-bond acceptors (Lipinski definition) is 3. The Kier molecular flexibility index (Phi) is 7.36. The molecule has 0 bridgehead atoms. The fourth-order valence-corrected chi connectivity index (χ4v) is 2.81. The van der Waals surface area contributed by atoms with E-state index in [1.807, 2.05) is 18.2 Å². The van der Waals surface area contributed by atoms with Gasteiger partial charge in [-0.05, 0) is 0 Å². The van der Waals surface area contributed by atoms with Gasteiger partial charge in [0.05, 0.1) is 0 Å². The SMILES string of the molecule is CCCN(CCC)Cc1cc(OC)ccc1[Se]O. The van der Waals surface area contributed by atoms with Gasteiger partial charge in [0.1, 0.15) is 0 Å². The van der Waals surface area contributed by atoms with Crippen molar-refractivity contribution >= 4 is 19.7 Å². The topological polar surface area (TPSA) is 32.7 Å². The molecule has 3 nitrogen and oxygen atoms in total. The van der Waals surface area contributed by atoms with Crippen LogP contribution in [0.1, 0.15) is 32.3 Å². The van der Waals surface area contributed by atoms with E-state index in [1.165, 1.54) is 5.56 Å². The van der Waals surface area contributed by atoms with Gasteiger partial charge in [0, 0.05) is 0 Å². The van der Waals surface area contributed by atoms with Crippen LogP contribution in [0.4, 0.5) is 0 Å². The van der Waals surface area contributed by atoms with Crippen LogP contribution in [-0.4, -0.2) is 44.6 Å². The van der Waals surface area contributed by atoms with E-state index in [-0.39, 0.29) is 0 Å². The molecule has 0 saturated heterocycles. The molecule has 0 atom stereocenters. The van der Waals surface area contributed by atoms with E-state index in [1.54, 1.807) is 7.11 Å². The molecule has 0 aliphatic rings. The van der Waals surface area contributed by atoms with Gasteiger partial charge in [0.2, 0.25) is 0 Å². The normalized spacial score (nSPS) is 10.9. The Balaban J connectivity index is 2.84. The molecule has 0 spiro atoms. The summed E-state index contributed by atoms with van der Waals surface area (Å²) in [5.74, 6) is 0.867. The summed E-state index contributed by atoms with van der Waals surface area (Å²) >= 11 is -0.453. The maximum absolute atomic E-state index is 9.46. The molecular formula is C14H23NO2Se. The second kappa shape index (κ2) is 8.54. The monoisotopic (exact) mass is 317 g/mol. The summed E-state index contributed by atoms with van der Waals surface area (Å²) in [5.41, 5.74) is 1.19. The average molecular weight is 316 g/mol. The summed E-state index contributed by atoms with van der Waals surface area (Å²) < 4.78 is 15.8. The van der Waals surface area contributed by atoms with Crippen LogP contribution < -0.4 is 9.20 Å². The molecule has 1 aromatic rings. The van der Waals surface area contributed by atoms with E-state index < -0.39 is 15.3 Å². The van der Waals surface area contributed by atoms with Crippen LogP contribution in [0, 0.1) is 0 Å². The molecule has 0 saturated carbocycles. The van der Waals surface area contributed by atoms with Crippen LogP contribution in [0.15, 0.2) is 18.2 Å². The molecule has 0 aromatic heterocycles. The van der Waals surface area contributed by atoms with E-state index in [4.69, 9.17) is 4.74 Å². The standard InChI is InChI=1S/C14H23NO2Se/c1-4-8-15(9-5-2)11-12-10-13(17-3)6-7-14(12)18-16/h6-7,10,16H,4-5,8-9,11H2,1-3H3. The summed E-state index contributed by atoms with van der Waals surface area (Å²) in [4.78, 5) is 2.43. The zero-order chi connectivity index (χ0) is 13.4. The number of benzene rings is 1. The minimum atomic E-state index is -0.453. The molecule has 0 radical (unpaired) electrons. The Labute approximate surface area is 117 Å². The number of nitrogens with zero attached hydrogens (tertiary/aromatic N) is 1. The zero-order valence-electron chi connectivity index (χ0n) is 11.5. The summed E-state index contributed by atoms with van der Waals surface area (Å²) in [6.45, 7) is 7.50. The first-order valence-corrected chi connectivity index (χ1v) is 8.08. The zero-order valence-corrected chi connectivity index (χ0v) is 13.2. The van der Waals surface area contributed by atoms with Crippen LogP contribution in [0.3, 0.4) is 0 Å². The van der Waals surface area contributed by atoms with Gasteiger partial charge in [-0.25, -0.2) is 0 Å². The number of rotatable bonds is 8. The molecule has 0 aliphatic heterocycles. The van der Waals surface area contributed by atoms with Crippen LogP contribution in [0.5, 0.6) is 5.75 Å². The Morgan fingerprint density at radius 2 is 1.89 bits per heavy atom. The van der Waals surface area contributed by atoms with E-state index >= 15 is 0 Å². The van der Waals surface area contributed by atoms with Gasteiger partial charge < -0.3 is 0 Å². The second-order valence-electron chi connectivity index (χ2n) is 4.34. The molecule has 1 aromatic carbocycles. The van der Waals surface area contributed by atoms with Crippen LogP contribution >= 0.6 is 0 Å². The van der Waals surface area contributed by atoms with E-state index in [0.29, 0.717) is 0 Å². The molecule has 0 aliphatic carbocycles. The van der Waals surface area contributed by atoms with Crippen LogP contribution in [0.25, 0.3) is 0 Å². The van der Waals surface area contributed by atoms with Crippen molar-refractivity contribution in [2.75, 3.05) is 20.2 Å². The number of hydrogen-bond donors (Lipinski definition) is 1. The molecule has 4 heteroatoms. The molecule has 0 unspecified atom stereocenters. The fourth-order valence-electron chi connectivity index (χ4n) is 2.04. The Morgan fingerprint density at radius 1 is 1.22 bits per heavy atom. The predicted octanol–water partition coefficient (Wildman–Crippen LogP) is 1.55. The summed E-state index contributed by atoms with van der Waals surface area (Å²) in [6.07, 6.45) is 2.31. The van der Waals surface area contributed by atoms with Crippen LogP contribution in [0.2, 0.25) is 0 Å². The average Bonchev–Trinajstić information content (AvgIpc) is 2.39. The Morgan fingerprint density at radius 3 is 2.39 bits per heavy atom. The number of methoxy groups -OCH3 is 1. The molecule has 18 heavy (non-hydrogen) atoms. The Hall–Kier alpha value is -0.541. The van der Waals surface area contributed by atoms with Crippen molar-refractivity contribution in [3.8, 4) is 5.75 Å². The Bertz CT molecular complexity index is 352. The minimum absolute atomic E-state index is 0.453. The van der Waals surface area contributed by atoms with Gasteiger partial charge in [-0.1, -0.05) is 0 Å². The van der Waals surface area contributed by atoms with Crippen molar-refractivity contribution in [2.45, 2.75) is 33.2 Å². The van der Waals surface area contributed by atoms with E-state index in [9.17, 15) is 4.19 Å². The summed E-state index contributed by atoms with van der Waals surface area (Å²) in [5, 5.41) is 0. The van der Waals surface area contributed by atoms with Crippen molar-refractivity contribution in [1.82, 2.24) is 4.90 Å². The third-order valence-corrected chi connectivity index (χ3v) is 4.09. The van der Waals surface area contributed by atoms with Crippen molar-refractivity contribution in [1.29, 1.82) is 0 Å². The molecule has 1 rings (SSSR count). The quantitative estimate of drug-likeness (QED) is 0.739. The first-order chi connectivity index (χ1) is 8.74. The molecule has 102 valence electrons. The first kappa shape index (κ1) is 15.5. The van der Waals surface area contributed by atoms with Gasteiger partial charge in [0.15, 0.2) is 0 Å². The fraction of sp³-hybridized carbons (Fsp3) is 0.571. The van der Waals surface area contributed by atoms with Gasteiger partial charge >= 0.3 is 117 Å². The van der Waals surface area contributed by atoms with E-state index in [2.05, 4.69) is 18.7 Å². The van der Waals surface area contributed by atoms with Gasteiger partial charge in [0.25, 0.3) is 0 Å². The van der Waals surface area contributed by atoms with Gasteiger partial charge in [-0.3, -0.25) is 0 Å². The first-order valence-electron chi connectivity index (χ1n) is 6.45. The van der Waals surface area contributed by atoms with Gasteiger partial charge in [-0.2, -0.15) is 0 Å². The molecular weight excluding hydrogens is 293 g/mol. The summed E-state index contributed by atoms with van der Waals surface area (Å²) in [7, 11) is 1.68. The van der Waals surface area contributed by atoms with Crippen molar-refractivity contribution < 1.29 is 8.93 Å². The second-order valence-corrected chi connectivity index (χ2v) is 5.65. The molecule has 0 heterocycles. The third kappa shape index (κ3) is 4.62. The third-order valence-electron chi connectivity index (χ3n) is 2.84. The molecule has 0 amide bonds.